The minimum Gasteiger partial charge on any atom is -0.304 e. The van der Waals surface area contributed by atoms with Crippen molar-refractivity contribution < 1.29 is 4.39 Å². The van der Waals surface area contributed by atoms with E-state index in [1.165, 1.54) is 12.1 Å². The number of fused-ring (bicyclic) bond motifs is 1. The second-order valence-corrected chi connectivity index (χ2v) is 6.56. The van der Waals surface area contributed by atoms with Crippen molar-refractivity contribution in [3.63, 3.8) is 0 Å². The fourth-order valence-corrected chi connectivity index (χ4v) is 3.62. The van der Waals surface area contributed by atoms with Crippen molar-refractivity contribution in [3.8, 4) is 11.4 Å². The van der Waals surface area contributed by atoms with E-state index in [2.05, 4.69) is 14.3 Å². The van der Waals surface area contributed by atoms with Crippen LogP contribution in [-0.2, 0) is 0 Å². The summed E-state index contributed by atoms with van der Waals surface area (Å²) < 4.78 is 18.9. The van der Waals surface area contributed by atoms with Crippen LogP contribution >= 0.6 is 11.5 Å². The Morgan fingerprint density at radius 1 is 1.15 bits per heavy atom. The van der Waals surface area contributed by atoms with Gasteiger partial charge in [0, 0.05) is 6.20 Å². The lowest BCUT2D eigenvalue weighted by molar-refractivity contribution is 0.581. The van der Waals surface area contributed by atoms with E-state index >= 15 is 0 Å². The SMILES string of the molecule is C[C@@H](c1ccc(F)cc1)n1c(=O)[nH]c2c(-c3ccccn3)nsc2c1=O. The molecule has 0 spiro atoms. The van der Waals surface area contributed by atoms with Crippen LogP contribution in [-0.4, -0.2) is 18.9 Å². The highest BCUT2D eigenvalue weighted by Gasteiger charge is 2.20. The van der Waals surface area contributed by atoms with Gasteiger partial charge in [0.1, 0.15) is 16.2 Å². The maximum atomic E-state index is 13.1. The summed E-state index contributed by atoms with van der Waals surface area (Å²) >= 11 is 1.02. The van der Waals surface area contributed by atoms with Crippen LogP contribution in [0.4, 0.5) is 4.39 Å². The second kappa shape index (κ2) is 6.30. The molecule has 4 rings (SSSR count). The lowest BCUT2D eigenvalue weighted by Gasteiger charge is -2.14. The molecule has 8 heteroatoms. The van der Waals surface area contributed by atoms with Crippen LogP contribution in [0, 0.1) is 5.82 Å². The monoisotopic (exact) mass is 368 g/mol. The van der Waals surface area contributed by atoms with Crippen molar-refractivity contribution in [2.45, 2.75) is 13.0 Å². The fourth-order valence-electron chi connectivity index (χ4n) is 2.84. The van der Waals surface area contributed by atoms with Crippen molar-refractivity contribution in [2.24, 2.45) is 0 Å². The maximum absolute atomic E-state index is 13.1. The first-order valence-corrected chi connectivity index (χ1v) is 8.64. The zero-order chi connectivity index (χ0) is 18.3. The molecular weight excluding hydrogens is 355 g/mol. The molecular formula is C18H13FN4O2S. The van der Waals surface area contributed by atoms with Gasteiger partial charge in [-0.1, -0.05) is 18.2 Å². The summed E-state index contributed by atoms with van der Waals surface area (Å²) in [6, 6.07) is 10.5. The molecule has 0 aliphatic carbocycles. The number of rotatable bonds is 3. The Labute approximate surface area is 150 Å². The Bertz CT molecular complexity index is 1200. The Morgan fingerprint density at radius 3 is 2.62 bits per heavy atom. The number of aromatic nitrogens is 4. The summed E-state index contributed by atoms with van der Waals surface area (Å²) in [5, 5.41) is 0. The molecule has 130 valence electrons. The predicted octanol–water partition coefficient (Wildman–Crippen LogP) is 2.96. The molecule has 0 radical (unpaired) electrons. The van der Waals surface area contributed by atoms with Crippen LogP contribution in [0.15, 0.2) is 58.3 Å². The summed E-state index contributed by atoms with van der Waals surface area (Å²) in [4.78, 5) is 32.5. The van der Waals surface area contributed by atoms with Crippen LogP contribution in [0.5, 0.6) is 0 Å². The number of nitrogens with one attached hydrogen (secondary N) is 1. The molecule has 0 aliphatic heterocycles. The number of aromatic amines is 1. The highest BCUT2D eigenvalue weighted by molar-refractivity contribution is 7.13. The first-order valence-electron chi connectivity index (χ1n) is 7.87. The number of nitrogens with zero attached hydrogens (tertiary/aromatic N) is 3. The van der Waals surface area contributed by atoms with Crippen LogP contribution in [0.25, 0.3) is 21.6 Å². The smallest absolute Gasteiger partial charge is 0.304 e. The number of benzene rings is 1. The lowest BCUT2D eigenvalue weighted by Crippen LogP contribution is -2.37. The molecule has 0 saturated heterocycles. The summed E-state index contributed by atoms with van der Waals surface area (Å²) in [5.74, 6) is -0.375. The lowest BCUT2D eigenvalue weighted by atomic mass is 10.1. The van der Waals surface area contributed by atoms with Gasteiger partial charge in [-0.3, -0.25) is 14.3 Å². The van der Waals surface area contributed by atoms with E-state index in [4.69, 9.17) is 0 Å². The third-order valence-corrected chi connectivity index (χ3v) is 5.04. The number of hydrogen-bond donors (Lipinski definition) is 1. The van der Waals surface area contributed by atoms with Crippen molar-refractivity contribution in [1.29, 1.82) is 0 Å². The summed E-state index contributed by atoms with van der Waals surface area (Å²) in [5.41, 5.74) is 1.12. The summed E-state index contributed by atoms with van der Waals surface area (Å²) in [6.45, 7) is 1.72. The number of pyridine rings is 1. The van der Waals surface area contributed by atoms with Gasteiger partial charge in [0.2, 0.25) is 0 Å². The van der Waals surface area contributed by atoms with Gasteiger partial charge in [0.25, 0.3) is 5.56 Å². The van der Waals surface area contributed by atoms with E-state index in [1.54, 1.807) is 37.4 Å². The molecule has 0 aliphatic rings. The molecule has 1 N–H and O–H groups in total. The molecule has 1 atom stereocenters. The van der Waals surface area contributed by atoms with E-state index in [9.17, 15) is 14.0 Å². The van der Waals surface area contributed by atoms with Crippen LogP contribution in [0.1, 0.15) is 18.5 Å². The summed E-state index contributed by atoms with van der Waals surface area (Å²) in [7, 11) is 0. The number of hydrogen-bond acceptors (Lipinski definition) is 5. The molecule has 0 fully saturated rings. The normalized spacial score (nSPS) is 12.4. The first-order chi connectivity index (χ1) is 12.6. The molecule has 0 amide bonds. The van der Waals surface area contributed by atoms with Gasteiger partial charge in [-0.15, -0.1) is 0 Å². The van der Waals surface area contributed by atoms with Crippen LogP contribution in [0.2, 0.25) is 0 Å². The summed E-state index contributed by atoms with van der Waals surface area (Å²) in [6.07, 6.45) is 1.62. The predicted molar refractivity (Wildman–Crippen MR) is 97.9 cm³/mol. The highest BCUT2D eigenvalue weighted by Crippen LogP contribution is 2.25. The molecule has 0 unspecified atom stereocenters. The molecule has 3 aromatic heterocycles. The topological polar surface area (TPSA) is 80.6 Å². The third-order valence-electron chi connectivity index (χ3n) is 4.20. The number of halogens is 1. The van der Waals surface area contributed by atoms with Gasteiger partial charge >= 0.3 is 5.69 Å². The van der Waals surface area contributed by atoms with Crippen molar-refractivity contribution >= 4 is 21.7 Å². The Hall–Kier alpha value is -3.13. The highest BCUT2D eigenvalue weighted by atomic mass is 32.1. The molecule has 0 saturated carbocycles. The maximum Gasteiger partial charge on any atom is 0.329 e. The van der Waals surface area contributed by atoms with E-state index in [0.717, 1.165) is 16.1 Å². The van der Waals surface area contributed by atoms with E-state index < -0.39 is 17.3 Å². The largest absolute Gasteiger partial charge is 0.329 e. The average molecular weight is 368 g/mol. The van der Waals surface area contributed by atoms with Crippen LogP contribution in [0.3, 0.4) is 0 Å². The van der Waals surface area contributed by atoms with Crippen LogP contribution < -0.4 is 11.2 Å². The van der Waals surface area contributed by atoms with Gasteiger partial charge in [-0.2, -0.15) is 4.37 Å². The standard InChI is InChI=1S/C18H13FN4O2S/c1-10(11-5-7-12(19)8-6-11)23-17(24)16-15(21-18(23)25)14(22-26-16)13-4-2-3-9-20-13/h2-10H,1H3,(H,21,25)/t10-/m0/s1. The van der Waals surface area contributed by atoms with Gasteiger partial charge in [0.05, 0.1) is 17.3 Å². The van der Waals surface area contributed by atoms with Gasteiger partial charge < -0.3 is 4.98 Å². The Kier molecular flexibility index (Phi) is 3.96. The average Bonchev–Trinajstić information content (AvgIpc) is 3.07. The van der Waals surface area contributed by atoms with E-state index in [0.29, 0.717) is 27.2 Å². The van der Waals surface area contributed by atoms with Crippen molar-refractivity contribution in [3.05, 3.63) is 80.9 Å². The van der Waals surface area contributed by atoms with Gasteiger partial charge in [-0.05, 0) is 48.3 Å². The van der Waals surface area contributed by atoms with Gasteiger partial charge in [-0.25, -0.2) is 9.18 Å². The fraction of sp³-hybridized carbons (Fsp3) is 0.111. The van der Waals surface area contributed by atoms with Crippen molar-refractivity contribution in [2.75, 3.05) is 0 Å². The molecule has 4 aromatic rings. The Morgan fingerprint density at radius 2 is 1.92 bits per heavy atom. The van der Waals surface area contributed by atoms with E-state index in [-0.39, 0.29) is 5.82 Å². The molecule has 1 aromatic carbocycles. The molecule has 6 nitrogen and oxygen atoms in total. The minimum atomic E-state index is -0.545. The van der Waals surface area contributed by atoms with Gasteiger partial charge in [0.15, 0.2) is 0 Å². The first kappa shape index (κ1) is 16.3. The zero-order valence-electron chi connectivity index (χ0n) is 13.6. The zero-order valence-corrected chi connectivity index (χ0v) is 14.5. The third kappa shape index (κ3) is 2.64. The number of H-pyrrole nitrogens is 1. The molecule has 3 heterocycles. The Balaban J connectivity index is 1.89. The van der Waals surface area contributed by atoms with Crippen molar-refractivity contribution in [1.82, 2.24) is 18.9 Å². The van der Waals surface area contributed by atoms with E-state index in [1.807, 2.05) is 6.07 Å². The molecule has 0 bridgehead atoms. The second-order valence-electron chi connectivity index (χ2n) is 5.78. The minimum absolute atomic E-state index is 0.346. The quantitative estimate of drug-likeness (QED) is 0.603. The molecule has 26 heavy (non-hydrogen) atoms.